The number of ether oxygens (including phenoxy) is 2. The van der Waals surface area contributed by atoms with Crippen molar-refractivity contribution in [2.75, 3.05) is 14.2 Å². The van der Waals surface area contributed by atoms with Crippen molar-refractivity contribution in [2.24, 2.45) is 10.2 Å². The van der Waals surface area contributed by atoms with Gasteiger partial charge in [0.25, 0.3) is 17.7 Å². The number of azide groups is 2. The maximum atomic E-state index is 14.7. The number of benzene rings is 4. The van der Waals surface area contributed by atoms with E-state index in [4.69, 9.17) is 20.5 Å². The number of rotatable bonds is 10. The quantitative estimate of drug-likeness (QED) is 0.0638. The lowest BCUT2D eigenvalue weighted by Crippen LogP contribution is -2.65. The van der Waals surface area contributed by atoms with Crippen LogP contribution in [0.3, 0.4) is 0 Å². The molecule has 1 aliphatic heterocycles. The van der Waals surface area contributed by atoms with Crippen LogP contribution in [-0.4, -0.2) is 64.3 Å². The van der Waals surface area contributed by atoms with Gasteiger partial charge in [-0.2, -0.15) is 0 Å². The molecule has 1 fully saturated rings. The Morgan fingerprint density at radius 1 is 0.769 bits per heavy atom. The summed E-state index contributed by atoms with van der Waals surface area (Å²) in [6.45, 7) is 1.41. The van der Waals surface area contributed by atoms with Gasteiger partial charge in [-0.05, 0) is 53.9 Å². The molecule has 1 aromatic heterocycles. The smallest absolute Gasteiger partial charge is 0.262 e. The van der Waals surface area contributed by atoms with Gasteiger partial charge in [-0.3, -0.25) is 28.6 Å². The Bertz CT molecular complexity index is 2340. The maximum Gasteiger partial charge on any atom is 0.262 e. The van der Waals surface area contributed by atoms with Crippen molar-refractivity contribution in [1.82, 2.24) is 14.4 Å². The zero-order chi connectivity index (χ0) is 36.9. The molecule has 4 aromatic carbocycles. The van der Waals surface area contributed by atoms with Crippen molar-refractivity contribution in [3.05, 3.63) is 140 Å². The lowest BCUT2D eigenvalue weighted by molar-refractivity contribution is -0.158. The van der Waals surface area contributed by atoms with Crippen LogP contribution in [0.15, 0.2) is 107 Å². The van der Waals surface area contributed by atoms with Gasteiger partial charge in [-0.15, -0.1) is 0 Å². The van der Waals surface area contributed by atoms with E-state index in [1.165, 1.54) is 48.8 Å². The monoisotopic (exact) mass is 697 g/mol. The van der Waals surface area contributed by atoms with Crippen LogP contribution in [0.1, 0.15) is 38.8 Å². The van der Waals surface area contributed by atoms with Crippen LogP contribution in [0, 0.1) is 0 Å². The second-order valence-corrected chi connectivity index (χ2v) is 11.8. The minimum atomic E-state index is -1.23. The first-order valence-corrected chi connectivity index (χ1v) is 16.0. The van der Waals surface area contributed by atoms with Gasteiger partial charge in [-0.25, -0.2) is 0 Å². The number of hydrogen-bond donors (Lipinski definition) is 0. The molecule has 5 aromatic rings. The highest BCUT2D eigenvalue weighted by Gasteiger charge is 2.47. The fraction of sp³-hybridized carbons (Fsp3) is 0.189. The second-order valence-electron chi connectivity index (χ2n) is 11.8. The Morgan fingerprint density at radius 2 is 1.38 bits per heavy atom. The lowest BCUT2D eigenvalue weighted by Gasteiger charge is -2.43. The van der Waals surface area contributed by atoms with Gasteiger partial charge < -0.3 is 14.4 Å². The molecule has 3 amide bonds. The highest BCUT2D eigenvalue weighted by Crippen LogP contribution is 2.33. The van der Waals surface area contributed by atoms with Crippen LogP contribution in [0.25, 0.3) is 31.8 Å². The molecule has 52 heavy (non-hydrogen) atoms. The molecule has 0 aliphatic carbocycles. The van der Waals surface area contributed by atoms with E-state index in [1.807, 2.05) is 0 Å². The largest absolute Gasteiger partial charge is 0.497 e. The van der Waals surface area contributed by atoms with E-state index < -0.39 is 35.7 Å². The van der Waals surface area contributed by atoms with Crippen LogP contribution in [0.2, 0.25) is 0 Å². The van der Waals surface area contributed by atoms with Gasteiger partial charge in [0.2, 0.25) is 5.91 Å². The van der Waals surface area contributed by atoms with E-state index in [1.54, 1.807) is 79.0 Å². The third-order valence-corrected chi connectivity index (χ3v) is 8.98. The molecule has 1 aliphatic rings. The zero-order valence-corrected chi connectivity index (χ0v) is 28.3. The molecule has 1 saturated heterocycles. The number of carbonyl (C=O) groups excluding carboxylic acids is 4. The van der Waals surface area contributed by atoms with Crippen molar-refractivity contribution >= 4 is 45.9 Å². The highest BCUT2D eigenvalue weighted by atomic mass is 16.5. The Morgan fingerprint density at radius 3 is 2.02 bits per heavy atom. The minimum Gasteiger partial charge on any atom is -0.497 e. The molecule has 2 atom stereocenters. The van der Waals surface area contributed by atoms with E-state index in [-0.39, 0.29) is 35.5 Å². The molecule has 0 N–H and O–H groups in total. The summed E-state index contributed by atoms with van der Waals surface area (Å²) in [5.74, 6) is -1.50. The van der Waals surface area contributed by atoms with Crippen molar-refractivity contribution in [3.63, 3.8) is 0 Å². The van der Waals surface area contributed by atoms with Crippen LogP contribution in [0.4, 0.5) is 11.4 Å². The molecular formula is C37H31N9O6. The summed E-state index contributed by atoms with van der Waals surface area (Å²) in [6.07, 6.45) is 1.50. The average molecular weight is 698 g/mol. The van der Waals surface area contributed by atoms with E-state index in [0.717, 1.165) is 4.90 Å². The summed E-state index contributed by atoms with van der Waals surface area (Å²) in [7, 11) is 3.00. The fourth-order valence-electron chi connectivity index (χ4n) is 6.44. The number of amides is 3. The van der Waals surface area contributed by atoms with Gasteiger partial charge in [-0.1, -0.05) is 64.8 Å². The number of hydrogen-bond acceptors (Lipinski definition) is 8. The highest BCUT2D eigenvalue weighted by molar-refractivity contribution is 6.13. The summed E-state index contributed by atoms with van der Waals surface area (Å²) in [5, 5.41) is 7.93. The van der Waals surface area contributed by atoms with Crippen molar-refractivity contribution in [2.45, 2.75) is 32.0 Å². The normalized spacial score (nSPS) is 15.5. The third kappa shape index (κ3) is 6.36. The number of nitrogens with zero attached hydrogens (tertiary/aromatic N) is 9. The van der Waals surface area contributed by atoms with Crippen molar-refractivity contribution in [3.8, 4) is 11.5 Å². The van der Waals surface area contributed by atoms with Crippen molar-refractivity contribution in [1.29, 1.82) is 0 Å². The van der Waals surface area contributed by atoms with Crippen LogP contribution in [0.5, 0.6) is 11.5 Å². The summed E-state index contributed by atoms with van der Waals surface area (Å²) in [5.41, 5.74) is 20.1. The summed E-state index contributed by atoms with van der Waals surface area (Å²) in [6, 6.07) is 22.1. The molecule has 260 valence electrons. The number of methoxy groups -OCH3 is 2. The van der Waals surface area contributed by atoms with Gasteiger partial charge >= 0.3 is 0 Å². The van der Waals surface area contributed by atoms with E-state index in [9.17, 15) is 19.2 Å². The zero-order valence-electron chi connectivity index (χ0n) is 28.3. The van der Waals surface area contributed by atoms with Gasteiger partial charge in [0, 0.05) is 50.6 Å². The number of imide groups is 1. The maximum absolute atomic E-state index is 14.7. The van der Waals surface area contributed by atoms with E-state index in [2.05, 4.69) is 20.1 Å². The van der Waals surface area contributed by atoms with Gasteiger partial charge in [0.1, 0.15) is 23.6 Å². The number of carbonyl (C=O) groups is 4. The molecule has 2 heterocycles. The van der Waals surface area contributed by atoms with Crippen LogP contribution in [-0.2, 0) is 22.6 Å². The number of para-hydroxylation sites is 1. The summed E-state index contributed by atoms with van der Waals surface area (Å²) >= 11 is 0. The fourth-order valence-corrected chi connectivity index (χ4v) is 6.44. The number of aromatic nitrogens is 1. The Hall–Kier alpha value is -7.08. The first kappa shape index (κ1) is 34.8. The van der Waals surface area contributed by atoms with E-state index in [0.29, 0.717) is 33.5 Å². The molecule has 0 unspecified atom stereocenters. The number of piperazine rings is 1. The molecule has 15 heteroatoms. The third-order valence-electron chi connectivity index (χ3n) is 8.98. The Kier molecular flexibility index (Phi) is 9.90. The first-order chi connectivity index (χ1) is 25.2. The van der Waals surface area contributed by atoms with Crippen LogP contribution < -0.4 is 9.47 Å². The predicted octanol–water partition coefficient (Wildman–Crippen LogP) is 7.24. The Labute approximate surface area is 296 Å². The van der Waals surface area contributed by atoms with Crippen LogP contribution >= 0.6 is 0 Å². The summed E-state index contributed by atoms with van der Waals surface area (Å²) in [4.78, 5) is 65.0. The predicted molar refractivity (Wildman–Crippen MR) is 190 cm³/mol. The van der Waals surface area contributed by atoms with Gasteiger partial charge in [0.15, 0.2) is 0 Å². The molecule has 0 bridgehead atoms. The summed E-state index contributed by atoms with van der Waals surface area (Å²) < 4.78 is 12.4. The molecule has 6 rings (SSSR count). The first-order valence-electron chi connectivity index (χ1n) is 16.0. The SMILES string of the molecule is COc1ccc(CN2C(=O)[C@H](C)N(C(=O)c3ccccc3N=[N+]=[N-])C(=O)[C@@H]2Cc2cn(C(=O)c3ccccc3N=[N+]=[N-])c3ccccc23)c(OC)c1. The topological polar surface area (TPSA) is 196 Å². The molecule has 15 nitrogen and oxygen atoms in total. The van der Waals surface area contributed by atoms with E-state index >= 15 is 0 Å². The van der Waals surface area contributed by atoms with Gasteiger partial charge in [0.05, 0.1) is 37.7 Å². The molecule has 0 saturated carbocycles. The van der Waals surface area contributed by atoms with Crippen molar-refractivity contribution < 1.29 is 28.7 Å². The minimum absolute atomic E-state index is 0.00648. The standard InChI is InChI=1S/C37H31N9O6/c1-22-34(47)45(20-23-16-17-25(51-2)19-33(23)52-3)32(37(50)46(22)36(49)28-12-5-8-14-30(28)41-43-39)18-24-21-44(31-15-9-6-10-26(24)31)35(48)27-11-4-7-13-29(27)40-42-38/h4-17,19,21-22,32H,18,20H2,1-3H3/t22-,32-/m0/s1. The molecule has 0 radical (unpaired) electrons. The number of fused-ring (bicyclic) bond motifs is 1. The average Bonchev–Trinajstić information content (AvgIpc) is 3.54. The molecular weight excluding hydrogens is 666 g/mol. The molecule has 0 spiro atoms. The lowest BCUT2D eigenvalue weighted by atomic mass is 9.96. The Balaban J connectivity index is 1.47. The second kappa shape index (κ2) is 14.8.